The highest BCUT2D eigenvalue weighted by molar-refractivity contribution is 7.16. The van der Waals surface area contributed by atoms with E-state index in [9.17, 15) is 9.59 Å². The van der Waals surface area contributed by atoms with Crippen LogP contribution in [0.15, 0.2) is 12.1 Å². The van der Waals surface area contributed by atoms with Crippen LogP contribution in [0.4, 0.5) is 0 Å². The van der Waals surface area contributed by atoms with Gasteiger partial charge in [0.15, 0.2) is 0 Å². The first-order valence-electron chi connectivity index (χ1n) is 5.32. The van der Waals surface area contributed by atoms with Crippen molar-refractivity contribution in [1.82, 2.24) is 0 Å². The zero-order chi connectivity index (χ0) is 13.4. The summed E-state index contributed by atoms with van der Waals surface area (Å²) in [5, 5.41) is 0. The van der Waals surface area contributed by atoms with Crippen molar-refractivity contribution in [1.29, 1.82) is 0 Å². The van der Waals surface area contributed by atoms with E-state index >= 15 is 0 Å². The first-order chi connectivity index (χ1) is 8.40. The van der Waals surface area contributed by atoms with Crippen LogP contribution in [0.1, 0.15) is 35.3 Å². The minimum Gasteiger partial charge on any atom is -0.285 e. The largest absolute Gasteiger partial charge is 0.285 e. The van der Waals surface area contributed by atoms with Crippen molar-refractivity contribution in [3.05, 3.63) is 42.2 Å². The summed E-state index contributed by atoms with van der Waals surface area (Å²) in [4.78, 5) is 27.0. The number of thiophene rings is 2. The van der Waals surface area contributed by atoms with E-state index in [0.29, 0.717) is 15.5 Å². The fourth-order valence-electron chi connectivity index (χ4n) is 1.77. The van der Waals surface area contributed by atoms with Gasteiger partial charge >= 0.3 is 0 Å². The maximum atomic E-state index is 12.2. The molecule has 2 aromatic heterocycles. The molecule has 0 fully saturated rings. The van der Waals surface area contributed by atoms with Crippen LogP contribution in [-0.4, -0.2) is 11.6 Å². The third kappa shape index (κ3) is 2.41. The summed E-state index contributed by atoms with van der Waals surface area (Å²) in [6.07, 6.45) is 0. The molecule has 2 heterocycles. The van der Waals surface area contributed by atoms with E-state index in [1.165, 1.54) is 22.7 Å². The molecule has 2 aromatic rings. The van der Waals surface area contributed by atoms with Crippen LogP contribution in [0.2, 0.25) is 4.34 Å². The molecule has 0 aliphatic heterocycles. The van der Waals surface area contributed by atoms with Gasteiger partial charge in [-0.3, -0.25) is 9.59 Å². The summed E-state index contributed by atoms with van der Waals surface area (Å²) in [7, 11) is 0. The molecule has 0 saturated carbocycles. The maximum absolute atomic E-state index is 12.2. The molecule has 18 heavy (non-hydrogen) atoms. The fourth-order valence-corrected chi connectivity index (χ4v) is 3.88. The van der Waals surface area contributed by atoms with Gasteiger partial charge in [0.25, 0.3) is 0 Å². The second-order valence-corrected chi connectivity index (χ2v) is 7.35. The van der Waals surface area contributed by atoms with E-state index in [1.807, 2.05) is 13.8 Å². The summed E-state index contributed by atoms with van der Waals surface area (Å²) in [6.45, 7) is 5.57. The fraction of sp³-hybridized carbons (Fsp3) is 0.231. The Morgan fingerprint density at radius 2 is 1.44 bits per heavy atom. The Morgan fingerprint density at radius 3 is 1.83 bits per heavy atom. The van der Waals surface area contributed by atoms with Gasteiger partial charge in [-0.25, -0.2) is 0 Å². The van der Waals surface area contributed by atoms with Gasteiger partial charge in [0.1, 0.15) is 0 Å². The van der Waals surface area contributed by atoms with Crippen molar-refractivity contribution in [2.45, 2.75) is 20.8 Å². The van der Waals surface area contributed by atoms with E-state index in [4.69, 9.17) is 11.6 Å². The number of ketones is 2. The van der Waals surface area contributed by atoms with Gasteiger partial charge in [-0.05, 0) is 32.9 Å². The van der Waals surface area contributed by atoms with Crippen molar-refractivity contribution in [2.24, 2.45) is 0 Å². The van der Waals surface area contributed by atoms with Crippen LogP contribution >= 0.6 is 34.3 Å². The third-order valence-electron chi connectivity index (χ3n) is 2.62. The molecule has 0 spiro atoms. The van der Waals surface area contributed by atoms with Gasteiger partial charge in [-0.2, -0.15) is 0 Å². The highest BCUT2D eigenvalue weighted by atomic mass is 35.5. The van der Waals surface area contributed by atoms with Crippen LogP contribution in [0.5, 0.6) is 0 Å². The number of Topliss-reactive ketones (excluding diaryl/α,β-unsaturated/α-hetero) is 2. The molecular formula is C13H11ClO2S2. The number of carbonyl (C=O) groups is 2. The molecule has 0 bridgehead atoms. The summed E-state index contributed by atoms with van der Waals surface area (Å²) < 4.78 is 0.530. The molecule has 0 unspecified atom stereocenters. The molecule has 0 radical (unpaired) electrons. The molecule has 5 heteroatoms. The minimum atomic E-state index is -0.475. The van der Waals surface area contributed by atoms with Gasteiger partial charge in [0.2, 0.25) is 11.6 Å². The van der Waals surface area contributed by atoms with Crippen molar-refractivity contribution in [3.63, 3.8) is 0 Å². The number of rotatable bonds is 3. The highest BCUT2D eigenvalue weighted by Crippen LogP contribution is 2.28. The molecule has 0 aliphatic carbocycles. The predicted octanol–water partition coefficient (Wildman–Crippen LogP) is 4.45. The number of halogens is 1. The smallest absolute Gasteiger partial charge is 0.234 e. The van der Waals surface area contributed by atoms with Crippen molar-refractivity contribution < 1.29 is 9.59 Å². The molecule has 0 aliphatic rings. The minimum absolute atomic E-state index is 0.415. The molecular weight excluding hydrogens is 288 g/mol. The van der Waals surface area contributed by atoms with Crippen LogP contribution in [0, 0.1) is 20.8 Å². The maximum Gasteiger partial charge on any atom is 0.234 e. The van der Waals surface area contributed by atoms with Gasteiger partial charge in [-0.15, -0.1) is 22.7 Å². The highest BCUT2D eigenvalue weighted by Gasteiger charge is 2.24. The standard InChI is InChI=1S/C13H11ClO2S2/c1-6-4-9(7(2)17-6)12(15)13(16)10-5-11(14)18-8(10)3/h4-5H,1-3H3. The lowest BCUT2D eigenvalue weighted by molar-refractivity contribution is 0.0816. The summed E-state index contributed by atoms with van der Waals surface area (Å²) in [5.41, 5.74) is 0.919. The molecule has 94 valence electrons. The number of carbonyl (C=O) groups excluding carboxylic acids is 2. The first-order valence-corrected chi connectivity index (χ1v) is 7.33. The van der Waals surface area contributed by atoms with Gasteiger partial charge in [-0.1, -0.05) is 11.6 Å². The summed E-state index contributed by atoms with van der Waals surface area (Å²) in [6, 6.07) is 3.33. The van der Waals surface area contributed by atoms with Gasteiger partial charge in [0.05, 0.1) is 4.34 Å². The lowest BCUT2D eigenvalue weighted by Crippen LogP contribution is -2.14. The lowest BCUT2D eigenvalue weighted by atomic mass is 10.0. The van der Waals surface area contributed by atoms with E-state index in [0.717, 1.165) is 14.6 Å². The molecule has 0 amide bonds. The Morgan fingerprint density at radius 1 is 0.944 bits per heavy atom. The zero-order valence-corrected chi connectivity index (χ0v) is 12.6. The zero-order valence-electron chi connectivity index (χ0n) is 10.2. The van der Waals surface area contributed by atoms with E-state index < -0.39 is 11.6 Å². The van der Waals surface area contributed by atoms with Gasteiger partial charge in [0, 0.05) is 25.8 Å². The normalized spacial score (nSPS) is 10.7. The Balaban J connectivity index is 2.38. The van der Waals surface area contributed by atoms with Crippen molar-refractivity contribution in [2.75, 3.05) is 0 Å². The number of hydrogen-bond donors (Lipinski definition) is 0. The predicted molar refractivity (Wildman–Crippen MR) is 76.5 cm³/mol. The Kier molecular flexibility index (Phi) is 3.71. The van der Waals surface area contributed by atoms with Crippen LogP contribution < -0.4 is 0 Å². The Labute approximate surface area is 118 Å². The summed E-state index contributed by atoms with van der Waals surface area (Å²) >= 11 is 8.69. The van der Waals surface area contributed by atoms with Crippen LogP contribution in [-0.2, 0) is 0 Å². The van der Waals surface area contributed by atoms with Gasteiger partial charge < -0.3 is 0 Å². The second-order valence-electron chi connectivity index (χ2n) is 4.01. The SMILES string of the molecule is Cc1cc(C(=O)C(=O)c2cc(Cl)sc2C)c(C)s1. The third-order valence-corrected chi connectivity index (χ3v) is 4.77. The lowest BCUT2D eigenvalue weighted by Gasteiger charge is -1.98. The molecule has 0 atom stereocenters. The van der Waals surface area contributed by atoms with Crippen molar-refractivity contribution in [3.8, 4) is 0 Å². The Hall–Kier alpha value is -0.970. The molecule has 0 saturated heterocycles. The topological polar surface area (TPSA) is 34.1 Å². The molecule has 2 nitrogen and oxygen atoms in total. The molecule has 0 N–H and O–H groups in total. The Bertz CT molecular complexity index is 581. The number of aryl methyl sites for hydroxylation is 3. The quantitative estimate of drug-likeness (QED) is 0.619. The number of hydrogen-bond acceptors (Lipinski definition) is 4. The average molecular weight is 299 g/mol. The van der Waals surface area contributed by atoms with Crippen LogP contribution in [0.25, 0.3) is 0 Å². The first kappa shape index (κ1) is 13.5. The van der Waals surface area contributed by atoms with Crippen LogP contribution in [0.3, 0.4) is 0 Å². The second kappa shape index (κ2) is 4.96. The van der Waals surface area contributed by atoms with E-state index in [-0.39, 0.29) is 0 Å². The summed E-state index contributed by atoms with van der Waals surface area (Å²) in [5.74, 6) is -0.925. The average Bonchev–Trinajstić information content (AvgIpc) is 2.79. The van der Waals surface area contributed by atoms with Crippen molar-refractivity contribution >= 4 is 45.8 Å². The van der Waals surface area contributed by atoms with E-state index in [2.05, 4.69) is 0 Å². The molecule has 0 aromatic carbocycles. The van der Waals surface area contributed by atoms with E-state index in [1.54, 1.807) is 19.1 Å². The monoisotopic (exact) mass is 298 g/mol. The molecule has 2 rings (SSSR count).